The largest absolute Gasteiger partial charge is 0.417 e. The van der Waals surface area contributed by atoms with Crippen LogP contribution in [0.25, 0.3) is 0 Å². The van der Waals surface area contributed by atoms with E-state index in [-0.39, 0.29) is 18.0 Å². The summed E-state index contributed by atoms with van der Waals surface area (Å²) in [5, 5.41) is 0. The van der Waals surface area contributed by atoms with Gasteiger partial charge in [-0.25, -0.2) is 8.42 Å². The second kappa shape index (κ2) is 7.08. The van der Waals surface area contributed by atoms with Gasteiger partial charge in [-0.2, -0.15) is 17.5 Å². The molecule has 9 heteroatoms. The fraction of sp³-hybridized carbons (Fsp3) is 0.500. The molecule has 0 spiro atoms. The third-order valence-electron chi connectivity index (χ3n) is 2.68. The Balaban J connectivity index is 3.14. The summed E-state index contributed by atoms with van der Waals surface area (Å²) in [6.07, 6.45) is -4.73. The summed E-state index contributed by atoms with van der Waals surface area (Å²) in [4.78, 5) is -1.07. The van der Waals surface area contributed by atoms with E-state index in [9.17, 15) is 21.6 Å². The van der Waals surface area contributed by atoms with Gasteiger partial charge < -0.3 is 4.74 Å². The topological polar surface area (TPSA) is 46.6 Å². The van der Waals surface area contributed by atoms with Crippen LogP contribution in [-0.4, -0.2) is 44.9 Å². The van der Waals surface area contributed by atoms with E-state index in [1.807, 2.05) is 0 Å². The third-order valence-corrected chi connectivity index (χ3v) is 5.12. The molecular formula is C12H15BrF3NO3S. The van der Waals surface area contributed by atoms with Crippen molar-refractivity contribution in [2.45, 2.75) is 15.9 Å². The zero-order valence-electron chi connectivity index (χ0n) is 11.4. The highest BCUT2D eigenvalue weighted by Crippen LogP contribution is 2.34. The first-order valence-corrected chi connectivity index (χ1v) is 8.22. The lowest BCUT2D eigenvalue weighted by Crippen LogP contribution is -2.34. The highest BCUT2D eigenvalue weighted by Gasteiger charge is 2.38. The summed E-state index contributed by atoms with van der Waals surface area (Å²) in [5.41, 5.74) is -1.17. The number of sulfonamides is 1. The van der Waals surface area contributed by atoms with Crippen molar-refractivity contribution < 1.29 is 26.3 Å². The molecule has 0 saturated heterocycles. The summed E-state index contributed by atoms with van der Waals surface area (Å²) in [7, 11) is -1.56. The second-order valence-electron chi connectivity index (χ2n) is 4.33. The minimum Gasteiger partial charge on any atom is -0.383 e. The van der Waals surface area contributed by atoms with Crippen molar-refractivity contribution in [2.24, 2.45) is 0 Å². The van der Waals surface area contributed by atoms with Gasteiger partial charge in [0.05, 0.1) is 21.9 Å². The number of methoxy groups -OCH3 is 1. The maximum Gasteiger partial charge on any atom is 0.417 e. The van der Waals surface area contributed by atoms with Crippen molar-refractivity contribution in [3.8, 4) is 0 Å². The molecule has 0 saturated carbocycles. The molecule has 0 aromatic heterocycles. The fourth-order valence-corrected chi connectivity index (χ4v) is 4.02. The zero-order valence-corrected chi connectivity index (χ0v) is 13.8. The first kappa shape index (κ1) is 18.4. The lowest BCUT2D eigenvalue weighted by Gasteiger charge is -2.22. The Hall–Kier alpha value is -0.640. The standard InChI is InChI=1S/C12H15BrF3NO3S/c1-17(7-9(13)8-20-2)21(18,19)11-6-4-3-5-10(11)12(14,15)16/h3-6,9H,7-8H2,1-2H3. The molecule has 0 amide bonds. The first-order chi connectivity index (χ1) is 9.60. The third kappa shape index (κ3) is 4.67. The molecule has 0 heterocycles. The summed E-state index contributed by atoms with van der Waals surface area (Å²) < 4.78 is 69.1. The van der Waals surface area contributed by atoms with E-state index in [4.69, 9.17) is 4.74 Å². The second-order valence-corrected chi connectivity index (χ2v) is 7.64. The van der Waals surface area contributed by atoms with Gasteiger partial charge in [0, 0.05) is 20.7 Å². The zero-order chi connectivity index (χ0) is 16.3. The monoisotopic (exact) mass is 389 g/mol. The molecule has 1 atom stereocenters. The molecule has 4 nitrogen and oxygen atoms in total. The molecular weight excluding hydrogens is 375 g/mol. The van der Waals surface area contributed by atoms with Crippen LogP contribution in [0.4, 0.5) is 13.2 Å². The summed E-state index contributed by atoms with van der Waals surface area (Å²) >= 11 is 3.21. The van der Waals surface area contributed by atoms with E-state index in [1.54, 1.807) is 0 Å². The van der Waals surface area contributed by atoms with E-state index >= 15 is 0 Å². The van der Waals surface area contributed by atoms with Crippen LogP contribution >= 0.6 is 15.9 Å². The molecule has 0 bridgehead atoms. The van der Waals surface area contributed by atoms with Crippen molar-refractivity contribution >= 4 is 26.0 Å². The highest BCUT2D eigenvalue weighted by molar-refractivity contribution is 9.09. The molecule has 1 aromatic rings. The Morgan fingerprint density at radius 2 is 1.90 bits per heavy atom. The van der Waals surface area contributed by atoms with Crippen LogP contribution in [0.15, 0.2) is 29.2 Å². The van der Waals surface area contributed by atoms with Gasteiger partial charge in [0.2, 0.25) is 10.0 Å². The van der Waals surface area contributed by atoms with E-state index in [0.717, 1.165) is 22.5 Å². The Morgan fingerprint density at radius 1 is 1.33 bits per heavy atom. The van der Waals surface area contributed by atoms with Gasteiger partial charge >= 0.3 is 6.18 Å². The maximum absolute atomic E-state index is 12.9. The van der Waals surface area contributed by atoms with E-state index in [1.165, 1.54) is 20.2 Å². The average molecular weight is 390 g/mol. The minimum absolute atomic E-state index is 0.0115. The van der Waals surface area contributed by atoms with Crippen molar-refractivity contribution in [2.75, 3.05) is 27.3 Å². The summed E-state index contributed by atoms with van der Waals surface area (Å²) in [6, 6.07) is 4.12. The Kier molecular flexibility index (Phi) is 6.21. The van der Waals surface area contributed by atoms with Crippen molar-refractivity contribution in [3.63, 3.8) is 0 Å². The number of hydrogen-bond acceptors (Lipinski definition) is 3. The SMILES string of the molecule is COCC(Br)CN(C)S(=O)(=O)c1ccccc1C(F)(F)F. The Bertz CT molecular complexity index is 577. The molecule has 0 N–H and O–H groups in total. The fourth-order valence-electron chi connectivity index (χ4n) is 1.70. The van der Waals surface area contributed by atoms with Gasteiger partial charge in [0.1, 0.15) is 0 Å². The lowest BCUT2D eigenvalue weighted by molar-refractivity contribution is -0.139. The summed E-state index contributed by atoms with van der Waals surface area (Å²) in [5.74, 6) is 0. The molecule has 0 fully saturated rings. The van der Waals surface area contributed by atoms with Crippen molar-refractivity contribution in [1.82, 2.24) is 4.31 Å². The molecule has 120 valence electrons. The normalized spacial score (nSPS) is 14.4. The van der Waals surface area contributed by atoms with Crippen LogP contribution in [0.2, 0.25) is 0 Å². The van der Waals surface area contributed by atoms with Crippen LogP contribution < -0.4 is 0 Å². The van der Waals surface area contributed by atoms with Crippen LogP contribution in [0.3, 0.4) is 0 Å². The number of rotatable bonds is 6. The van der Waals surface area contributed by atoms with Crippen LogP contribution in [0.1, 0.15) is 5.56 Å². The van der Waals surface area contributed by atoms with Gasteiger partial charge in [-0.1, -0.05) is 28.1 Å². The quantitative estimate of drug-likeness (QED) is 0.702. The average Bonchev–Trinajstić information content (AvgIpc) is 2.37. The van der Waals surface area contributed by atoms with E-state index < -0.39 is 26.7 Å². The molecule has 1 rings (SSSR count). The molecule has 0 aliphatic heterocycles. The van der Waals surface area contributed by atoms with E-state index in [2.05, 4.69) is 15.9 Å². The van der Waals surface area contributed by atoms with E-state index in [0.29, 0.717) is 0 Å². The van der Waals surface area contributed by atoms with Crippen LogP contribution in [0, 0.1) is 0 Å². The van der Waals surface area contributed by atoms with Crippen molar-refractivity contribution in [1.29, 1.82) is 0 Å². The smallest absolute Gasteiger partial charge is 0.383 e. The summed E-state index contributed by atoms with van der Waals surface area (Å²) in [6.45, 7) is 0.225. The van der Waals surface area contributed by atoms with Crippen molar-refractivity contribution in [3.05, 3.63) is 29.8 Å². The number of ether oxygens (including phenoxy) is 1. The number of hydrogen-bond donors (Lipinski definition) is 0. The van der Waals surface area contributed by atoms with Gasteiger partial charge in [0.25, 0.3) is 0 Å². The predicted molar refractivity (Wildman–Crippen MR) is 75.9 cm³/mol. The maximum atomic E-state index is 12.9. The molecule has 21 heavy (non-hydrogen) atoms. The number of alkyl halides is 4. The first-order valence-electron chi connectivity index (χ1n) is 5.86. The minimum atomic E-state index is -4.73. The van der Waals surface area contributed by atoms with Gasteiger partial charge in [0.15, 0.2) is 0 Å². The van der Waals surface area contributed by atoms with Gasteiger partial charge in [-0.05, 0) is 12.1 Å². The molecule has 0 aliphatic rings. The molecule has 0 radical (unpaired) electrons. The highest BCUT2D eigenvalue weighted by atomic mass is 79.9. The Morgan fingerprint density at radius 3 is 2.43 bits per heavy atom. The number of halogens is 4. The number of nitrogens with zero attached hydrogens (tertiary/aromatic N) is 1. The molecule has 1 aromatic carbocycles. The van der Waals surface area contributed by atoms with Gasteiger partial charge in [-0.3, -0.25) is 0 Å². The lowest BCUT2D eigenvalue weighted by atomic mass is 10.2. The van der Waals surface area contributed by atoms with Crippen LogP contribution in [0.5, 0.6) is 0 Å². The Labute approximate surface area is 130 Å². The van der Waals surface area contributed by atoms with Gasteiger partial charge in [-0.15, -0.1) is 0 Å². The molecule has 1 unspecified atom stereocenters. The number of benzene rings is 1. The van der Waals surface area contributed by atoms with Crippen LogP contribution in [-0.2, 0) is 20.9 Å². The predicted octanol–water partition coefficient (Wildman–Crippen LogP) is 2.74. The molecule has 0 aliphatic carbocycles.